The monoisotopic (exact) mass is 255 g/mol. The van der Waals surface area contributed by atoms with Crippen molar-refractivity contribution < 1.29 is 4.39 Å². The fourth-order valence-corrected chi connectivity index (χ4v) is 2.43. The summed E-state index contributed by atoms with van der Waals surface area (Å²) < 4.78 is 16.2. The fourth-order valence-electron chi connectivity index (χ4n) is 1.77. The fraction of sp³-hybridized carbons (Fsp3) is 0.273. The Kier molecular flexibility index (Phi) is 2.35. The molecule has 0 spiro atoms. The maximum atomic E-state index is 13.0. The van der Waals surface area contributed by atoms with E-state index in [9.17, 15) is 4.39 Å². The van der Waals surface area contributed by atoms with Crippen LogP contribution in [0.4, 0.5) is 4.39 Å². The van der Waals surface area contributed by atoms with E-state index in [1.54, 1.807) is 6.07 Å². The average molecular weight is 256 g/mol. The van der Waals surface area contributed by atoms with Crippen molar-refractivity contribution in [3.63, 3.8) is 0 Å². The van der Waals surface area contributed by atoms with Crippen LogP contribution in [-0.2, 0) is 6.54 Å². The van der Waals surface area contributed by atoms with Crippen LogP contribution in [0.15, 0.2) is 22.8 Å². The van der Waals surface area contributed by atoms with E-state index in [1.807, 2.05) is 13.0 Å². The molecule has 1 aromatic carbocycles. The van der Waals surface area contributed by atoms with E-state index in [1.165, 1.54) is 6.07 Å². The van der Waals surface area contributed by atoms with Gasteiger partial charge in [0.25, 0.3) is 0 Å². The number of benzene rings is 1. The molecule has 2 aromatic rings. The van der Waals surface area contributed by atoms with Crippen LogP contribution in [0.3, 0.4) is 0 Å². The van der Waals surface area contributed by atoms with E-state index in [4.69, 9.17) is 0 Å². The minimum atomic E-state index is -0.179. The Morgan fingerprint density at radius 3 is 2.79 bits per heavy atom. The molecular weight excluding hydrogens is 245 g/mol. The molecule has 74 valence electrons. The molecule has 14 heavy (non-hydrogen) atoms. The third kappa shape index (κ3) is 1.27. The number of hydrogen-bond acceptors (Lipinski definition) is 0. The minimum absolute atomic E-state index is 0.179. The van der Waals surface area contributed by atoms with E-state index in [2.05, 4.69) is 27.4 Å². The second kappa shape index (κ2) is 3.39. The Morgan fingerprint density at radius 1 is 1.43 bits per heavy atom. The number of fused-ring (bicyclic) bond motifs is 1. The number of rotatable bonds is 1. The SMILES string of the molecule is CCn1c(Br)c(C)c2cc(F)ccc21. The molecule has 0 fully saturated rings. The highest BCUT2D eigenvalue weighted by Gasteiger charge is 2.10. The second-order valence-corrected chi connectivity index (χ2v) is 4.07. The lowest BCUT2D eigenvalue weighted by Crippen LogP contribution is -1.93. The first-order valence-electron chi connectivity index (χ1n) is 4.59. The van der Waals surface area contributed by atoms with Crippen molar-refractivity contribution in [2.24, 2.45) is 0 Å². The van der Waals surface area contributed by atoms with Gasteiger partial charge in [0.2, 0.25) is 0 Å². The van der Waals surface area contributed by atoms with Gasteiger partial charge in [0, 0.05) is 17.4 Å². The second-order valence-electron chi connectivity index (χ2n) is 3.32. The first-order valence-corrected chi connectivity index (χ1v) is 5.38. The highest BCUT2D eigenvalue weighted by Crippen LogP contribution is 2.29. The smallest absolute Gasteiger partial charge is 0.123 e. The first kappa shape index (κ1) is 9.71. The molecule has 1 nitrogen and oxygen atoms in total. The van der Waals surface area contributed by atoms with Crippen LogP contribution in [0, 0.1) is 12.7 Å². The predicted molar refractivity (Wildman–Crippen MR) is 60.0 cm³/mol. The molecule has 1 heterocycles. The van der Waals surface area contributed by atoms with Gasteiger partial charge in [-0.25, -0.2) is 4.39 Å². The highest BCUT2D eigenvalue weighted by molar-refractivity contribution is 9.10. The summed E-state index contributed by atoms with van der Waals surface area (Å²) >= 11 is 3.52. The predicted octanol–water partition coefficient (Wildman–Crippen LogP) is 3.87. The van der Waals surface area contributed by atoms with Crippen LogP contribution in [0.5, 0.6) is 0 Å². The van der Waals surface area contributed by atoms with E-state index in [0.717, 1.165) is 27.6 Å². The molecule has 0 saturated heterocycles. The number of hydrogen-bond donors (Lipinski definition) is 0. The van der Waals surface area contributed by atoms with E-state index >= 15 is 0 Å². The third-order valence-electron chi connectivity index (χ3n) is 2.52. The lowest BCUT2D eigenvalue weighted by atomic mass is 10.2. The van der Waals surface area contributed by atoms with Crippen molar-refractivity contribution in [3.8, 4) is 0 Å². The standard InChI is InChI=1S/C11H11BrFN/c1-3-14-10-5-4-8(13)6-9(10)7(2)11(14)12/h4-6H,3H2,1-2H3. The summed E-state index contributed by atoms with van der Waals surface area (Å²) in [6, 6.07) is 4.91. The van der Waals surface area contributed by atoms with E-state index < -0.39 is 0 Å². The summed E-state index contributed by atoms with van der Waals surface area (Å²) in [5.74, 6) is -0.179. The minimum Gasteiger partial charge on any atom is -0.335 e. The highest BCUT2D eigenvalue weighted by atomic mass is 79.9. The van der Waals surface area contributed by atoms with Crippen LogP contribution in [0.25, 0.3) is 10.9 Å². The van der Waals surface area contributed by atoms with Gasteiger partial charge in [0.15, 0.2) is 0 Å². The first-order chi connectivity index (χ1) is 6.65. The van der Waals surface area contributed by atoms with E-state index in [-0.39, 0.29) is 5.82 Å². The molecule has 0 amide bonds. The van der Waals surface area contributed by atoms with Gasteiger partial charge in [0.05, 0.1) is 4.60 Å². The van der Waals surface area contributed by atoms with Crippen LogP contribution in [0.1, 0.15) is 12.5 Å². The topological polar surface area (TPSA) is 4.93 Å². The van der Waals surface area contributed by atoms with Gasteiger partial charge in [-0.3, -0.25) is 0 Å². The molecule has 3 heteroatoms. The van der Waals surface area contributed by atoms with Crippen molar-refractivity contribution in [3.05, 3.63) is 34.2 Å². The Morgan fingerprint density at radius 2 is 2.14 bits per heavy atom. The van der Waals surface area contributed by atoms with Crippen molar-refractivity contribution in [2.45, 2.75) is 20.4 Å². The number of aryl methyl sites for hydroxylation is 2. The molecule has 0 saturated carbocycles. The Hall–Kier alpha value is -0.830. The van der Waals surface area contributed by atoms with Gasteiger partial charge in [-0.2, -0.15) is 0 Å². The zero-order valence-corrected chi connectivity index (χ0v) is 9.73. The summed E-state index contributed by atoms with van der Waals surface area (Å²) in [4.78, 5) is 0. The van der Waals surface area contributed by atoms with E-state index in [0.29, 0.717) is 0 Å². The van der Waals surface area contributed by atoms with Crippen LogP contribution >= 0.6 is 15.9 Å². The summed E-state index contributed by atoms with van der Waals surface area (Å²) in [7, 11) is 0. The number of halogens is 2. The van der Waals surface area contributed by atoms with Gasteiger partial charge >= 0.3 is 0 Å². The van der Waals surface area contributed by atoms with Crippen LogP contribution in [-0.4, -0.2) is 4.57 Å². The number of nitrogens with zero attached hydrogens (tertiary/aromatic N) is 1. The molecule has 0 unspecified atom stereocenters. The largest absolute Gasteiger partial charge is 0.335 e. The molecule has 0 N–H and O–H groups in total. The lowest BCUT2D eigenvalue weighted by molar-refractivity contribution is 0.629. The molecule has 0 atom stereocenters. The molecule has 0 aliphatic carbocycles. The van der Waals surface area contributed by atoms with Crippen LogP contribution < -0.4 is 0 Å². The summed E-state index contributed by atoms with van der Waals surface area (Å²) in [5, 5.41) is 0.985. The number of aromatic nitrogens is 1. The van der Waals surface area contributed by atoms with Crippen LogP contribution in [0.2, 0.25) is 0 Å². The molecular formula is C11H11BrFN. The third-order valence-corrected chi connectivity index (χ3v) is 3.54. The van der Waals surface area contributed by atoms with Gasteiger partial charge in [-0.15, -0.1) is 0 Å². The van der Waals surface area contributed by atoms with Crippen molar-refractivity contribution in [1.29, 1.82) is 0 Å². The molecule has 0 bridgehead atoms. The Labute approximate surface area is 90.7 Å². The molecule has 0 radical (unpaired) electrons. The zero-order valence-electron chi connectivity index (χ0n) is 8.14. The van der Waals surface area contributed by atoms with Crippen molar-refractivity contribution in [2.75, 3.05) is 0 Å². The van der Waals surface area contributed by atoms with Gasteiger partial charge in [-0.05, 0) is 53.5 Å². The lowest BCUT2D eigenvalue weighted by Gasteiger charge is -2.01. The molecule has 0 aliphatic heterocycles. The van der Waals surface area contributed by atoms with Gasteiger partial charge < -0.3 is 4.57 Å². The summed E-state index contributed by atoms with van der Waals surface area (Å²) in [6.45, 7) is 4.96. The summed E-state index contributed by atoms with van der Waals surface area (Å²) in [6.07, 6.45) is 0. The quantitative estimate of drug-likeness (QED) is 0.729. The molecule has 2 rings (SSSR count). The molecule has 1 aromatic heterocycles. The van der Waals surface area contributed by atoms with Crippen molar-refractivity contribution in [1.82, 2.24) is 4.57 Å². The Balaban J connectivity index is 2.88. The zero-order chi connectivity index (χ0) is 10.3. The normalized spacial score (nSPS) is 11.1. The molecule has 0 aliphatic rings. The maximum absolute atomic E-state index is 13.0. The maximum Gasteiger partial charge on any atom is 0.123 e. The summed E-state index contributed by atoms with van der Waals surface area (Å²) in [5.41, 5.74) is 2.18. The van der Waals surface area contributed by atoms with Gasteiger partial charge in [0.1, 0.15) is 5.82 Å². The van der Waals surface area contributed by atoms with Gasteiger partial charge in [-0.1, -0.05) is 0 Å². The average Bonchev–Trinajstić information content (AvgIpc) is 2.41. The van der Waals surface area contributed by atoms with Crippen molar-refractivity contribution >= 4 is 26.8 Å². The Bertz CT molecular complexity index is 487.